The zero-order valence-corrected chi connectivity index (χ0v) is 36.3. The van der Waals surface area contributed by atoms with Crippen molar-refractivity contribution in [1.29, 1.82) is 0 Å². The maximum Gasteiger partial charge on any atom is 0.164 e. The molecule has 1 aliphatic heterocycles. The largest absolute Gasteiger partial charge is 0.344 e. The average molecular weight is 860 g/mol. The van der Waals surface area contributed by atoms with E-state index in [2.05, 4.69) is 149 Å². The summed E-state index contributed by atoms with van der Waals surface area (Å²) in [5.74, 6) is 3.06. The molecular formula is C60H41N7. The van der Waals surface area contributed by atoms with Crippen molar-refractivity contribution < 1.29 is 0 Å². The molecule has 11 aromatic rings. The van der Waals surface area contributed by atoms with E-state index in [0.29, 0.717) is 23.3 Å². The molecule has 9 aromatic carbocycles. The van der Waals surface area contributed by atoms with Gasteiger partial charge in [0, 0.05) is 49.8 Å². The van der Waals surface area contributed by atoms with Gasteiger partial charge in [0.05, 0.1) is 11.0 Å². The molecule has 1 atom stereocenters. The lowest BCUT2D eigenvalue weighted by Gasteiger charge is -2.24. The molecule has 12 rings (SSSR count). The Morgan fingerprint density at radius 3 is 1.54 bits per heavy atom. The van der Waals surface area contributed by atoms with Crippen molar-refractivity contribution >= 4 is 33.5 Å². The number of nitrogens with one attached hydrogen (secondary N) is 1. The van der Waals surface area contributed by atoms with E-state index in [1.54, 1.807) is 0 Å². The molecule has 2 aromatic heterocycles. The lowest BCUT2D eigenvalue weighted by molar-refractivity contribution is 0.674. The summed E-state index contributed by atoms with van der Waals surface area (Å²) in [5, 5.41) is 5.92. The van der Waals surface area contributed by atoms with E-state index in [-0.39, 0.29) is 6.17 Å². The van der Waals surface area contributed by atoms with Crippen molar-refractivity contribution in [3.05, 3.63) is 253 Å². The molecule has 316 valence electrons. The van der Waals surface area contributed by atoms with Crippen LogP contribution in [0.3, 0.4) is 0 Å². The van der Waals surface area contributed by atoms with Gasteiger partial charge in [-0.15, -0.1) is 0 Å². The normalized spacial score (nSPS) is 13.5. The van der Waals surface area contributed by atoms with Gasteiger partial charge in [-0.3, -0.25) is 0 Å². The molecule has 0 bridgehead atoms. The Morgan fingerprint density at radius 2 is 0.896 bits per heavy atom. The molecule has 7 nitrogen and oxygen atoms in total. The Labute approximate surface area is 388 Å². The molecule has 0 amide bonds. The van der Waals surface area contributed by atoms with Gasteiger partial charge < -0.3 is 9.88 Å². The van der Waals surface area contributed by atoms with E-state index in [4.69, 9.17) is 24.9 Å². The van der Waals surface area contributed by atoms with E-state index in [9.17, 15) is 0 Å². The molecule has 67 heavy (non-hydrogen) atoms. The molecule has 1 N–H and O–H groups in total. The van der Waals surface area contributed by atoms with Crippen LogP contribution in [0.2, 0.25) is 0 Å². The number of fused-ring (bicyclic) bond motifs is 3. The van der Waals surface area contributed by atoms with Gasteiger partial charge in [0.15, 0.2) is 23.3 Å². The number of nitrogens with zero attached hydrogens (tertiary/aromatic N) is 6. The van der Waals surface area contributed by atoms with E-state index in [0.717, 1.165) is 89.0 Å². The third-order valence-electron chi connectivity index (χ3n) is 12.3. The number of aliphatic imine (C=N–C) groups is 2. The minimum atomic E-state index is -0.364. The standard InChI is InChI=1S/C60H41N7/c1-7-21-40(22-8-1)50-38-46(39-51-49-33-19-20-34-53(49)67(54(50)51)47-31-17-6-18-32-47)48-36-35-45(59-63-55(41-23-9-2-10-24-41)61-56(64-59)42-25-11-3-12-26-42)37-52(48)60-65-57(43-27-13-4-14-28-43)62-58(66-60)44-29-15-5-16-30-44/h1-39,55H,(H,61,63,64). The van der Waals surface area contributed by atoms with E-state index < -0.39 is 0 Å². The Balaban J connectivity index is 1.14. The highest BCUT2D eigenvalue weighted by atomic mass is 15.2. The summed E-state index contributed by atoms with van der Waals surface area (Å²) in [7, 11) is 0. The van der Waals surface area contributed by atoms with Gasteiger partial charge in [-0.1, -0.05) is 200 Å². The highest BCUT2D eigenvalue weighted by molar-refractivity contribution is 6.16. The molecule has 0 radical (unpaired) electrons. The first-order valence-electron chi connectivity index (χ1n) is 22.5. The number of rotatable bonds is 9. The van der Waals surface area contributed by atoms with Gasteiger partial charge in [0.1, 0.15) is 12.0 Å². The van der Waals surface area contributed by atoms with Crippen LogP contribution in [0.4, 0.5) is 0 Å². The summed E-state index contributed by atoms with van der Waals surface area (Å²) in [5.41, 5.74) is 13.0. The van der Waals surface area contributed by atoms with Crippen LogP contribution in [0.25, 0.3) is 83.9 Å². The fourth-order valence-corrected chi connectivity index (χ4v) is 9.11. The summed E-state index contributed by atoms with van der Waals surface area (Å²) in [6.07, 6.45) is -0.364. The van der Waals surface area contributed by atoms with Crippen molar-refractivity contribution in [2.24, 2.45) is 9.98 Å². The van der Waals surface area contributed by atoms with Crippen molar-refractivity contribution in [1.82, 2.24) is 24.8 Å². The first kappa shape index (κ1) is 39.5. The Bertz CT molecular complexity index is 3570. The van der Waals surface area contributed by atoms with Crippen LogP contribution in [0.1, 0.15) is 22.9 Å². The maximum atomic E-state index is 5.32. The fourth-order valence-electron chi connectivity index (χ4n) is 9.11. The number of benzene rings is 9. The molecule has 0 saturated heterocycles. The Kier molecular flexibility index (Phi) is 10.1. The van der Waals surface area contributed by atoms with Gasteiger partial charge in [0.2, 0.25) is 0 Å². The van der Waals surface area contributed by atoms with Crippen LogP contribution >= 0.6 is 0 Å². The topological polar surface area (TPSA) is 80.3 Å². The third kappa shape index (κ3) is 7.54. The molecule has 0 spiro atoms. The fraction of sp³-hybridized carbons (Fsp3) is 0.0167. The molecule has 7 heteroatoms. The summed E-state index contributed by atoms with van der Waals surface area (Å²) >= 11 is 0. The smallest absolute Gasteiger partial charge is 0.164 e. The maximum absolute atomic E-state index is 5.32. The predicted octanol–water partition coefficient (Wildman–Crippen LogP) is 13.8. The predicted molar refractivity (Wildman–Crippen MR) is 273 cm³/mol. The minimum Gasteiger partial charge on any atom is -0.344 e. The lowest BCUT2D eigenvalue weighted by atomic mass is 9.91. The average Bonchev–Trinajstić information content (AvgIpc) is 3.76. The third-order valence-corrected chi connectivity index (χ3v) is 12.3. The van der Waals surface area contributed by atoms with Crippen molar-refractivity contribution in [2.75, 3.05) is 0 Å². The second-order valence-electron chi connectivity index (χ2n) is 16.5. The van der Waals surface area contributed by atoms with Crippen LogP contribution in [-0.2, 0) is 0 Å². The highest BCUT2D eigenvalue weighted by Gasteiger charge is 2.25. The van der Waals surface area contributed by atoms with E-state index in [1.807, 2.05) is 97.1 Å². The number of amidine groups is 2. The zero-order valence-electron chi connectivity index (χ0n) is 36.3. The first-order chi connectivity index (χ1) is 33.2. The number of aromatic nitrogens is 4. The number of hydrogen-bond donors (Lipinski definition) is 1. The molecule has 0 aliphatic carbocycles. The molecular weight excluding hydrogens is 819 g/mol. The van der Waals surface area contributed by atoms with Crippen molar-refractivity contribution in [3.63, 3.8) is 0 Å². The van der Waals surface area contributed by atoms with Gasteiger partial charge in [-0.25, -0.2) is 24.9 Å². The highest BCUT2D eigenvalue weighted by Crippen LogP contribution is 2.43. The molecule has 3 heterocycles. The van der Waals surface area contributed by atoms with Crippen LogP contribution in [0, 0.1) is 0 Å². The van der Waals surface area contributed by atoms with Crippen molar-refractivity contribution in [2.45, 2.75) is 6.17 Å². The number of para-hydroxylation sites is 2. The first-order valence-corrected chi connectivity index (χ1v) is 22.5. The molecule has 0 saturated carbocycles. The molecule has 0 fully saturated rings. The van der Waals surface area contributed by atoms with Crippen LogP contribution < -0.4 is 5.32 Å². The van der Waals surface area contributed by atoms with E-state index in [1.165, 1.54) is 0 Å². The van der Waals surface area contributed by atoms with Gasteiger partial charge in [0.25, 0.3) is 0 Å². The molecule has 1 unspecified atom stereocenters. The SMILES string of the molecule is c1ccc(C2=NC(c3ccc(-c4cc(-c5ccccc5)c5c(c4)c4ccccc4n5-c4ccccc4)c(-c4nc(-c5ccccc5)nc(-c5ccccc5)n4)c3)=NC(c3ccccc3)N2)cc1. The monoisotopic (exact) mass is 859 g/mol. The second-order valence-corrected chi connectivity index (χ2v) is 16.5. The van der Waals surface area contributed by atoms with Crippen LogP contribution in [0.15, 0.2) is 247 Å². The quantitative estimate of drug-likeness (QED) is 0.157. The van der Waals surface area contributed by atoms with Gasteiger partial charge >= 0.3 is 0 Å². The Morgan fingerprint density at radius 1 is 0.373 bits per heavy atom. The summed E-state index contributed by atoms with van der Waals surface area (Å²) in [6, 6.07) is 81.9. The van der Waals surface area contributed by atoms with Crippen molar-refractivity contribution in [3.8, 4) is 62.1 Å². The van der Waals surface area contributed by atoms with Gasteiger partial charge in [-0.05, 0) is 58.7 Å². The summed E-state index contributed by atoms with van der Waals surface area (Å²) in [6.45, 7) is 0. The minimum absolute atomic E-state index is 0.364. The van der Waals surface area contributed by atoms with Crippen LogP contribution in [0.5, 0.6) is 0 Å². The summed E-state index contributed by atoms with van der Waals surface area (Å²) in [4.78, 5) is 26.2. The second kappa shape index (κ2) is 17.1. The number of hydrogen-bond acceptors (Lipinski definition) is 6. The summed E-state index contributed by atoms with van der Waals surface area (Å²) < 4.78 is 2.39. The zero-order chi connectivity index (χ0) is 44.5. The molecule has 1 aliphatic rings. The van der Waals surface area contributed by atoms with Crippen LogP contribution in [-0.4, -0.2) is 31.2 Å². The van der Waals surface area contributed by atoms with E-state index >= 15 is 0 Å². The lowest BCUT2D eigenvalue weighted by Crippen LogP contribution is -2.33. The van der Waals surface area contributed by atoms with Gasteiger partial charge in [-0.2, -0.15) is 0 Å². The Hall–Kier alpha value is -9.07.